The number of hydrogen-bond acceptors (Lipinski definition) is 1. The van der Waals surface area contributed by atoms with Gasteiger partial charge in [-0.1, -0.05) is 31.9 Å². The third-order valence-corrected chi connectivity index (χ3v) is 6.45. The Balaban J connectivity index is 2.13. The summed E-state index contributed by atoms with van der Waals surface area (Å²) < 4.78 is 0. The van der Waals surface area contributed by atoms with Crippen LogP contribution < -0.4 is 0 Å². The molecule has 1 unspecified atom stereocenters. The molecule has 1 N–H and O–H groups in total. The standard InChI is InChI=1S/C16H26O/c1-11-4-5-14-13(7-9-17)15(2,3)12-6-8-16(11,14)10-12/h11-12,17H,4-10H2,1-3H3/t11-,12+,16?/m0/s1. The molecule has 3 atom stereocenters. The van der Waals surface area contributed by atoms with E-state index in [1.165, 1.54) is 32.1 Å². The van der Waals surface area contributed by atoms with Gasteiger partial charge in [0.2, 0.25) is 0 Å². The molecule has 2 bridgehead atoms. The zero-order valence-electron chi connectivity index (χ0n) is 11.6. The van der Waals surface area contributed by atoms with Gasteiger partial charge >= 0.3 is 0 Å². The van der Waals surface area contributed by atoms with E-state index < -0.39 is 0 Å². The first-order chi connectivity index (χ1) is 8.02. The Kier molecular flexibility index (Phi) is 2.49. The van der Waals surface area contributed by atoms with Gasteiger partial charge in [-0.2, -0.15) is 0 Å². The molecular formula is C16H26O. The quantitative estimate of drug-likeness (QED) is 0.718. The summed E-state index contributed by atoms with van der Waals surface area (Å²) in [5, 5.41) is 9.39. The number of aliphatic hydroxyl groups excluding tert-OH is 1. The van der Waals surface area contributed by atoms with Crippen LogP contribution >= 0.6 is 0 Å². The molecule has 0 saturated heterocycles. The maximum Gasteiger partial charge on any atom is 0.0468 e. The fourth-order valence-corrected chi connectivity index (χ4v) is 5.27. The van der Waals surface area contributed by atoms with E-state index in [-0.39, 0.29) is 0 Å². The maximum absolute atomic E-state index is 9.39. The van der Waals surface area contributed by atoms with Crippen molar-refractivity contribution in [3.8, 4) is 0 Å². The Hall–Kier alpha value is -0.300. The third kappa shape index (κ3) is 1.35. The number of fused-ring (bicyclic) bond motifs is 1. The highest BCUT2D eigenvalue weighted by molar-refractivity contribution is 5.37. The minimum absolute atomic E-state index is 0.333. The van der Waals surface area contributed by atoms with E-state index in [4.69, 9.17) is 0 Å². The molecule has 1 heteroatoms. The summed E-state index contributed by atoms with van der Waals surface area (Å²) >= 11 is 0. The lowest BCUT2D eigenvalue weighted by Gasteiger charge is -2.45. The molecule has 1 nitrogen and oxygen atoms in total. The Morgan fingerprint density at radius 2 is 2.06 bits per heavy atom. The number of rotatable bonds is 2. The average molecular weight is 234 g/mol. The van der Waals surface area contributed by atoms with Gasteiger partial charge in [-0.25, -0.2) is 0 Å². The van der Waals surface area contributed by atoms with Crippen molar-refractivity contribution in [1.82, 2.24) is 0 Å². The van der Waals surface area contributed by atoms with Gasteiger partial charge < -0.3 is 5.11 Å². The Morgan fingerprint density at radius 3 is 2.76 bits per heavy atom. The van der Waals surface area contributed by atoms with Crippen LogP contribution in [0.4, 0.5) is 0 Å². The second-order valence-corrected chi connectivity index (χ2v) is 7.19. The van der Waals surface area contributed by atoms with Crippen LogP contribution in [0.2, 0.25) is 0 Å². The fraction of sp³-hybridized carbons (Fsp3) is 0.875. The summed E-state index contributed by atoms with van der Waals surface area (Å²) in [6.07, 6.45) is 7.89. The van der Waals surface area contributed by atoms with Gasteiger partial charge in [0.1, 0.15) is 0 Å². The van der Waals surface area contributed by atoms with Crippen LogP contribution in [0.15, 0.2) is 11.1 Å². The van der Waals surface area contributed by atoms with E-state index in [2.05, 4.69) is 20.8 Å². The van der Waals surface area contributed by atoms with Crippen LogP contribution in [0.25, 0.3) is 0 Å². The molecule has 2 saturated carbocycles. The molecule has 3 rings (SSSR count). The van der Waals surface area contributed by atoms with Crippen molar-refractivity contribution in [1.29, 1.82) is 0 Å². The van der Waals surface area contributed by atoms with Crippen LogP contribution in [0.5, 0.6) is 0 Å². The van der Waals surface area contributed by atoms with Crippen molar-refractivity contribution in [2.75, 3.05) is 6.61 Å². The zero-order valence-corrected chi connectivity index (χ0v) is 11.6. The molecule has 96 valence electrons. The van der Waals surface area contributed by atoms with Crippen LogP contribution in [-0.2, 0) is 0 Å². The average Bonchev–Trinajstić information content (AvgIpc) is 2.83. The summed E-state index contributed by atoms with van der Waals surface area (Å²) in [6, 6.07) is 0. The van der Waals surface area contributed by atoms with Gasteiger partial charge in [-0.3, -0.25) is 0 Å². The molecular weight excluding hydrogens is 208 g/mol. The molecule has 0 aliphatic heterocycles. The lowest BCUT2D eigenvalue weighted by atomic mass is 9.60. The van der Waals surface area contributed by atoms with Crippen molar-refractivity contribution in [2.45, 2.75) is 59.3 Å². The lowest BCUT2D eigenvalue weighted by molar-refractivity contribution is 0.171. The molecule has 3 aliphatic carbocycles. The highest BCUT2D eigenvalue weighted by Crippen LogP contribution is 2.68. The van der Waals surface area contributed by atoms with Crippen LogP contribution in [0.3, 0.4) is 0 Å². The predicted octanol–water partition coefficient (Wildman–Crippen LogP) is 3.92. The van der Waals surface area contributed by atoms with Crippen LogP contribution in [0, 0.1) is 22.7 Å². The first kappa shape index (κ1) is 11.8. The Morgan fingerprint density at radius 1 is 1.29 bits per heavy atom. The van der Waals surface area contributed by atoms with E-state index in [0.29, 0.717) is 17.4 Å². The summed E-state index contributed by atoms with van der Waals surface area (Å²) in [6.45, 7) is 7.64. The maximum atomic E-state index is 9.39. The number of aliphatic hydroxyl groups is 1. The predicted molar refractivity (Wildman–Crippen MR) is 70.7 cm³/mol. The van der Waals surface area contributed by atoms with E-state index >= 15 is 0 Å². The van der Waals surface area contributed by atoms with E-state index in [1.54, 1.807) is 11.1 Å². The van der Waals surface area contributed by atoms with Gasteiger partial charge in [0.15, 0.2) is 0 Å². The first-order valence-corrected chi connectivity index (χ1v) is 7.36. The zero-order chi connectivity index (χ0) is 12.3. The lowest BCUT2D eigenvalue weighted by Crippen LogP contribution is -2.35. The number of hydrogen-bond donors (Lipinski definition) is 1. The highest BCUT2D eigenvalue weighted by Gasteiger charge is 2.57. The second-order valence-electron chi connectivity index (χ2n) is 7.19. The van der Waals surface area contributed by atoms with Gasteiger partial charge in [0.25, 0.3) is 0 Å². The highest BCUT2D eigenvalue weighted by atomic mass is 16.3. The monoisotopic (exact) mass is 234 g/mol. The minimum atomic E-state index is 0.333. The largest absolute Gasteiger partial charge is 0.396 e. The molecule has 3 aliphatic rings. The van der Waals surface area contributed by atoms with Crippen molar-refractivity contribution < 1.29 is 5.11 Å². The summed E-state index contributed by atoms with van der Waals surface area (Å²) in [5.74, 6) is 1.75. The molecule has 0 aromatic carbocycles. The first-order valence-electron chi connectivity index (χ1n) is 7.36. The minimum Gasteiger partial charge on any atom is -0.396 e. The molecule has 0 heterocycles. The molecule has 0 aromatic heterocycles. The summed E-state index contributed by atoms with van der Waals surface area (Å²) in [7, 11) is 0. The molecule has 0 amide bonds. The molecule has 0 aromatic rings. The Labute approximate surface area is 105 Å². The van der Waals surface area contributed by atoms with Crippen molar-refractivity contribution in [3.05, 3.63) is 11.1 Å². The summed E-state index contributed by atoms with van der Waals surface area (Å²) in [5.41, 5.74) is 4.32. The van der Waals surface area contributed by atoms with Crippen molar-refractivity contribution in [2.24, 2.45) is 22.7 Å². The third-order valence-electron chi connectivity index (χ3n) is 6.45. The fourth-order valence-electron chi connectivity index (χ4n) is 5.27. The Bertz CT molecular complexity index is 362. The van der Waals surface area contributed by atoms with Crippen LogP contribution in [-0.4, -0.2) is 11.7 Å². The van der Waals surface area contributed by atoms with Crippen molar-refractivity contribution >= 4 is 0 Å². The molecule has 1 spiro atoms. The SMILES string of the molecule is C[C@H]1CCC2=C(CCO)C(C)(C)[C@@H]3CCC21C3. The molecule has 17 heavy (non-hydrogen) atoms. The topological polar surface area (TPSA) is 20.2 Å². The molecule has 0 radical (unpaired) electrons. The van der Waals surface area contributed by atoms with Gasteiger partial charge in [0, 0.05) is 6.61 Å². The van der Waals surface area contributed by atoms with Gasteiger partial charge in [-0.15, -0.1) is 0 Å². The number of allylic oxidation sites excluding steroid dienone is 1. The summed E-state index contributed by atoms with van der Waals surface area (Å²) in [4.78, 5) is 0. The van der Waals surface area contributed by atoms with Crippen LogP contribution in [0.1, 0.15) is 59.3 Å². The van der Waals surface area contributed by atoms with E-state index in [0.717, 1.165) is 18.3 Å². The van der Waals surface area contributed by atoms with Gasteiger partial charge in [-0.05, 0) is 61.2 Å². The van der Waals surface area contributed by atoms with Crippen molar-refractivity contribution in [3.63, 3.8) is 0 Å². The normalized spacial score (nSPS) is 43.1. The second kappa shape index (κ2) is 3.60. The molecule has 2 fully saturated rings. The van der Waals surface area contributed by atoms with Gasteiger partial charge in [0.05, 0.1) is 0 Å². The van der Waals surface area contributed by atoms with E-state index in [9.17, 15) is 5.11 Å². The smallest absolute Gasteiger partial charge is 0.0468 e. The van der Waals surface area contributed by atoms with E-state index in [1.807, 2.05) is 0 Å².